The molecule has 2 N–H and O–H groups in total. The molecule has 0 radical (unpaired) electrons. The van der Waals surface area contributed by atoms with Gasteiger partial charge in [0.15, 0.2) is 0 Å². The summed E-state index contributed by atoms with van der Waals surface area (Å²) in [6.07, 6.45) is 0. The van der Waals surface area contributed by atoms with Gasteiger partial charge >= 0.3 is 0 Å². The Bertz CT molecular complexity index is 496. The van der Waals surface area contributed by atoms with E-state index >= 15 is 0 Å². The summed E-state index contributed by atoms with van der Waals surface area (Å²) in [5.74, 6) is 1.51. The van der Waals surface area contributed by atoms with Crippen LogP contribution >= 0.6 is 11.3 Å². The molecule has 2 rings (SSSR count). The monoisotopic (exact) mass is 234 g/mol. The summed E-state index contributed by atoms with van der Waals surface area (Å²) in [4.78, 5) is 4.27. The zero-order valence-electron chi connectivity index (χ0n) is 9.57. The molecule has 1 heterocycles. The van der Waals surface area contributed by atoms with Crippen molar-refractivity contribution >= 4 is 17.2 Å². The second kappa shape index (κ2) is 4.14. The van der Waals surface area contributed by atoms with Crippen LogP contribution in [0.3, 0.4) is 0 Å². The molecule has 16 heavy (non-hydrogen) atoms. The van der Waals surface area contributed by atoms with Crippen molar-refractivity contribution < 1.29 is 4.74 Å². The minimum Gasteiger partial charge on any atom is -0.496 e. The second-order valence-corrected chi connectivity index (χ2v) is 4.58. The molecule has 0 saturated heterocycles. The molecule has 0 aliphatic rings. The van der Waals surface area contributed by atoms with Gasteiger partial charge in [-0.15, -0.1) is 11.3 Å². The van der Waals surface area contributed by atoms with E-state index in [0.717, 1.165) is 27.4 Å². The lowest BCUT2D eigenvalue weighted by Crippen LogP contribution is -1.92. The summed E-state index contributed by atoms with van der Waals surface area (Å²) >= 11 is 1.56. The number of aromatic nitrogens is 1. The van der Waals surface area contributed by atoms with Gasteiger partial charge in [-0.2, -0.15) is 0 Å². The Hall–Kier alpha value is -1.55. The molecule has 1 aromatic carbocycles. The third kappa shape index (κ3) is 1.88. The number of nitrogens with zero attached hydrogens (tertiary/aromatic N) is 1. The number of nitrogen functional groups attached to an aromatic ring is 1. The Balaban J connectivity index is 2.52. The average Bonchev–Trinajstić information content (AvgIpc) is 2.64. The van der Waals surface area contributed by atoms with Gasteiger partial charge in [-0.05, 0) is 37.1 Å². The molecule has 1 aromatic heterocycles. The highest BCUT2D eigenvalue weighted by atomic mass is 32.1. The number of hydrogen-bond acceptors (Lipinski definition) is 4. The van der Waals surface area contributed by atoms with Gasteiger partial charge in [-0.25, -0.2) is 4.98 Å². The predicted molar refractivity (Wildman–Crippen MR) is 68.0 cm³/mol. The second-order valence-electron chi connectivity index (χ2n) is 3.72. The first-order chi connectivity index (χ1) is 7.61. The first kappa shape index (κ1) is 11.0. The number of anilines is 1. The van der Waals surface area contributed by atoms with Crippen molar-refractivity contribution in [1.29, 1.82) is 0 Å². The Morgan fingerprint density at radius 2 is 1.88 bits per heavy atom. The van der Waals surface area contributed by atoms with Gasteiger partial charge in [0.05, 0.1) is 7.11 Å². The van der Waals surface area contributed by atoms with Crippen molar-refractivity contribution in [2.45, 2.75) is 13.8 Å². The number of methoxy groups -OCH3 is 1. The lowest BCUT2D eigenvalue weighted by molar-refractivity contribution is 0.408. The van der Waals surface area contributed by atoms with Crippen molar-refractivity contribution in [3.63, 3.8) is 0 Å². The van der Waals surface area contributed by atoms with E-state index in [9.17, 15) is 0 Å². The topological polar surface area (TPSA) is 48.1 Å². The summed E-state index contributed by atoms with van der Waals surface area (Å²) in [6.45, 7) is 4.07. The molecule has 84 valence electrons. The van der Waals surface area contributed by atoms with E-state index in [4.69, 9.17) is 10.5 Å². The van der Waals surface area contributed by atoms with Gasteiger partial charge < -0.3 is 10.5 Å². The standard InChI is InChI=1S/C12H14N2OS/c1-7-4-9(5-8(2)11(7)15-3)12-14-10(13)6-16-12/h4-6H,13H2,1-3H3. The van der Waals surface area contributed by atoms with Crippen molar-refractivity contribution in [3.8, 4) is 16.3 Å². The Kier molecular flexibility index (Phi) is 2.83. The minimum absolute atomic E-state index is 0.575. The average molecular weight is 234 g/mol. The number of ether oxygens (including phenoxy) is 1. The summed E-state index contributed by atoms with van der Waals surface area (Å²) in [7, 11) is 1.69. The maximum atomic E-state index is 5.62. The molecule has 0 fully saturated rings. The van der Waals surface area contributed by atoms with E-state index in [1.807, 2.05) is 19.2 Å². The van der Waals surface area contributed by atoms with E-state index in [-0.39, 0.29) is 0 Å². The zero-order valence-corrected chi connectivity index (χ0v) is 10.4. The van der Waals surface area contributed by atoms with E-state index in [1.165, 1.54) is 0 Å². The van der Waals surface area contributed by atoms with Crippen molar-refractivity contribution in [1.82, 2.24) is 4.98 Å². The highest BCUT2D eigenvalue weighted by Crippen LogP contribution is 2.31. The van der Waals surface area contributed by atoms with Crippen LogP contribution in [0.5, 0.6) is 5.75 Å². The molecule has 0 unspecified atom stereocenters. The van der Waals surface area contributed by atoms with E-state index < -0.39 is 0 Å². The molecule has 0 aliphatic carbocycles. The highest BCUT2D eigenvalue weighted by Gasteiger charge is 2.09. The van der Waals surface area contributed by atoms with Crippen molar-refractivity contribution in [2.75, 3.05) is 12.8 Å². The summed E-state index contributed by atoms with van der Waals surface area (Å²) < 4.78 is 5.33. The smallest absolute Gasteiger partial charge is 0.135 e. The van der Waals surface area contributed by atoms with E-state index in [0.29, 0.717) is 5.82 Å². The lowest BCUT2D eigenvalue weighted by atomic mass is 10.1. The van der Waals surface area contributed by atoms with Crippen LogP contribution in [-0.2, 0) is 0 Å². The van der Waals surface area contributed by atoms with Crippen LogP contribution in [0.2, 0.25) is 0 Å². The fraction of sp³-hybridized carbons (Fsp3) is 0.250. The van der Waals surface area contributed by atoms with Gasteiger partial charge in [-0.3, -0.25) is 0 Å². The third-order valence-corrected chi connectivity index (χ3v) is 3.34. The Labute approximate surface area is 98.9 Å². The zero-order chi connectivity index (χ0) is 11.7. The molecule has 2 aromatic rings. The summed E-state index contributed by atoms with van der Waals surface area (Å²) in [5, 5.41) is 2.80. The van der Waals surface area contributed by atoms with Gasteiger partial charge in [0.1, 0.15) is 16.6 Å². The number of rotatable bonds is 2. The number of nitrogens with two attached hydrogens (primary N) is 1. The Morgan fingerprint density at radius 1 is 1.25 bits per heavy atom. The van der Waals surface area contributed by atoms with Gasteiger partial charge in [0, 0.05) is 10.9 Å². The molecule has 0 spiro atoms. The van der Waals surface area contributed by atoms with Crippen LogP contribution in [-0.4, -0.2) is 12.1 Å². The molecule has 0 saturated carbocycles. The van der Waals surface area contributed by atoms with Crippen LogP contribution in [0.15, 0.2) is 17.5 Å². The van der Waals surface area contributed by atoms with Crippen LogP contribution in [0, 0.1) is 13.8 Å². The van der Waals surface area contributed by atoms with E-state index in [2.05, 4.69) is 17.1 Å². The SMILES string of the molecule is COc1c(C)cc(-c2nc(N)cs2)cc1C. The van der Waals surface area contributed by atoms with E-state index in [1.54, 1.807) is 18.4 Å². The van der Waals surface area contributed by atoms with Crippen LogP contribution in [0.4, 0.5) is 5.82 Å². The molecule has 3 nitrogen and oxygen atoms in total. The fourth-order valence-electron chi connectivity index (χ4n) is 1.81. The number of thiazole rings is 1. The fourth-order valence-corrected chi connectivity index (χ4v) is 2.51. The largest absolute Gasteiger partial charge is 0.496 e. The third-order valence-electron chi connectivity index (χ3n) is 2.43. The number of hydrogen-bond donors (Lipinski definition) is 1. The first-order valence-electron chi connectivity index (χ1n) is 4.98. The predicted octanol–water partition coefficient (Wildman–Crippen LogP) is 3.02. The number of aryl methyl sites for hydroxylation is 2. The van der Waals surface area contributed by atoms with Crippen LogP contribution < -0.4 is 10.5 Å². The van der Waals surface area contributed by atoms with Gasteiger partial charge in [-0.1, -0.05) is 0 Å². The maximum Gasteiger partial charge on any atom is 0.135 e. The van der Waals surface area contributed by atoms with Gasteiger partial charge in [0.2, 0.25) is 0 Å². The highest BCUT2D eigenvalue weighted by molar-refractivity contribution is 7.13. The number of benzene rings is 1. The van der Waals surface area contributed by atoms with Gasteiger partial charge in [0.25, 0.3) is 0 Å². The maximum absolute atomic E-state index is 5.62. The molecule has 0 atom stereocenters. The molecular formula is C12H14N2OS. The molecule has 0 bridgehead atoms. The molecule has 4 heteroatoms. The lowest BCUT2D eigenvalue weighted by Gasteiger charge is -2.09. The minimum atomic E-state index is 0.575. The van der Waals surface area contributed by atoms with Crippen LogP contribution in [0.1, 0.15) is 11.1 Å². The molecule has 0 aliphatic heterocycles. The molecule has 0 amide bonds. The Morgan fingerprint density at radius 3 is 2.31 bits per heavy atom. The quantitative estimate of drug-likeness (QED) is 0.869. The van der Waals surface area contributed by atoms with Crippen molar-refractivity contribution in [2.24, 2.45) is 0 Å². The van der Waals surface area contributed by atoms with Crippen molar-refractivity contribution in [3.05, 3.63) is 28.6 Å². The summed E-state index contributed by atoms with van der Waals surface area (Å²) in [6, 6.07) is 4.15. The normalized spacial score (nSPS) is 10.4. The molecular weight excluding hydrogens is 220 g/mol. The summed E-state index contributed by atoms with van der Waals surface area (Å²) in [5.41, 5.74) is 8.95. The van der Waals surface area contributed by atoms with Crippen LogP contribution in [0.25, 0.3) is 10.6 Å². The first-order valence-corrected chi connectivity index (χ1v) is 5.86.